The summed E-state index contributed by atoms with van der Waals surface area (Å²) in [6.07, 6.45) is 0. The topological polar surface area (TPSA) is 82.3 Å². The van der Waals surface area contributed by atoms with Gasteiger partial charge in [-0.1, -0.05) is 24.3 Å². The fourth-order valence-electron chi connectivity index (χ4n) is 3.19. The normalized spacial score (nSPS) is 10.4. The van der Waals surface area contributed by atoms with Crippen LogP contribution in [0.1, 0.15) is 0 Å². The van der Waals surface area contributed by atoms with E-state index in [1.165, 1.54) is 48.5 Å². The summed E-state index contributed by atoms with van der Waals surface area (Å²) in [7, 11) is 0. The molecule has 0 radical (unpaired) electrons. The first kappa shape index (κ1) is 20.8. The Morgan fingerprint density at radius 3 is 1.34 bits per heavy atom. The molecule has 0 aliphatic rings. The SMILES string of the molecule is O=C(Nc1ccc(F)cc1)Nc1cccc2cccc(NC(=O)Nc3ccc(F)cc3)c12. The molecule has 0 unspecified atom stereocenters. The van der Waals surface area contributed by atoms with E-state index in [4.69, 9.17) is 0 Å². The predicted octanol–water partition coefficient (Wildman–Crippen LogP) is 6.41. The average Bonchev–Trinajstić information content (AvgIpc) is 2.77. The molecule has 4 N–H and O–H groups in total. The lowest BCUT2D eigenvalue weighted by atomic mass is 10.1. The Bertz CT molecular complexity index is 1180. The van der Waals surface area contributed by atoms with Crippen molar-refractivity contribution in [2.24, 2.45) is 0 Å². The lowest BCUT2D eigenvalue weighted by molar-refractivity contribution is 0.261. The second-order valence-corrected chi connectivity index (χ2v) is 6.88. The van der Waals surface area contributed by atoms with Crippen LogP contribution < -0.4 is 21.3 Å². The van der Waals surface area contributed by atoms with Gasteiger partial charge in [-0.25, -0.2) is 18.4 Å². The van der Waals surface area contributed by atoms with Crippen LogP contribution in [0.4, 0.5) is 41.1 Å². The maximum atomic E-state index is 13.1. The van der Waals surface area contributed by atoms with Gasteiger partial charge in [0.25, 0.3) is 0 Å². The van der Waals surface area contributed by atoms with E-state index in [-0.39, 0.29) is 0 Å². The molecule has 4 aromatic rings. The van der Waals surface area contributed by atoms with Crippen LogP contribution in [0, 0.1) is 11.6 Å². The number of anilines is 4. The van der Waals surface area contributed by atoms with Crippen molar-refractivity contribution in [3.8, 4) is 0 Å². The first-order valence-electron chi connectivity index (χ1n) is 9.67. The molecule has 0 aliphatic heterocycles. The molecule has 8 heteroatoms. The molecular weight excluding hydrogens is 414 g/mol. The van der Waals surface area contributed by atoms with Gasteiger partial charge >= 0.3 is 12.1 Å². The number of hydrogen-bond donors (Lipinski definition) is 4. The van der Waals surface area contributed by atoms with Crippen LogP contribution in [-0.4, -0.2) is 12.1 Å². The molecule has 0 saturated heterocycles. The highest BCUT2D eigenvalue weighted by Crippen LogP contribution is 2.31. The Balaban J connectivity index is 1.54. The van der Waals surface area contributed by atoms with E-state index < -0.39 is 23.7 Å². The van der Waals surface area contributed by atoms with Crippen LogP contribution in [0.15, 0.2) is 84.9 Å². The second kappa shape index (κ2) is 9.13. The van der Waals surface area contributed by atoms with Gasteiger partial charge < -0.3 is 21.3 Å². The largest absolute Gasteiger partial charge is 0.323 e. The number of urea groups is 2. The van der Waals surface area contributed by atoms with Crippen molar-refractivity contribution < 1.29 is 18.4 Å². The van der Waals surface area contributed by atoms with Gasteiger partial charge in [0.05, 0.1) is 11.4 Å². The lowest BCUT2D eigenvalue weighted by Crippen LogP contribution is -2.21. The number of hydrogen-bond acceptors (Lipinski definition) is 2. The first-order valence-corrected chi connectivity index (χ1v) is 9.67. The van der Waals surface area contributed by atoms with Gasteiger partial charge in [0, 0.05) is 16.8 Å². The zero-order chi connectivity index (χ0) is 22.5. The molecule has 6 nitrogen and oxygen atoms in total. The van der Waals surface area contributed by atoms with Crippen LogP contribution in [-0.2, 0) is 0 Å². The number of amides is 4. The number of rotatable bonds is 4. The molecule has 0 aromatic heterocycles. The Morgan fingerprint density at radius 1 is 0.531 bits per heavy atom. The van der Waals surface area contributed by atoms with E-state index in [1.807, 2.05) is 12.1 Å². The highest BCUT2D eigenvalue weighted by Gasteiger charge is 2.12. The molecule has 0 aliphatic carbocycles. The summed E-state index contributed by atoms with van der Waals surface area (Å²) in [6.45, 7) is 0. The third-order valence-electron chi connectivity index (χ3n) is 4.61. The molecular formula is C24H18F2N4O2. The number of fused-ring (bicyclic) bond motifs is 1. The van der Waals surface area contributed by atoms with Gasteiger partial charge in [-0.3, -0.25) is 0 Å². The minimum Gasteiger partial charge on any atom is -0.308 e. The van der Waals surface area contributed by atoms with Gasteiger partial charge in [-0.15, -0.1) is 0 Å². The van der Waals surface area contributed by atoms with Crippen molar-refractivity contribution >= 4 is 45.6 Å². The van der Waals surface area contributed by atoms with Crippen LogP contribution in [0.3, 0.4) is 0 Å². The van der Waals surface area contributed by atoms with Gasteiger partial charge in [0.1, 0.15) is 11.6 Å². The van der Waals surface area contributed by atoms with Crippen LogP contribution in [0.2, 0.25) is 0 Å². The first-order chi connectivity index (χ1) is 15.5. The molecule has 32 heavy (non-hydrogen) atoms. The van der Waals surface area contributed by atoms with E-state index in [2.05, 4.69) is 21.3 Å². The maximum absolute atomic E-state index is 13.1. The quantitative estimate of drug-likeness (QED) is 0.301. The van der Waals surface area contributed by atoms with Crippen molar-refractivity contribution in [1.82, 2.24) is 0 Å². The molecule has 0 heterocycles. The molecule has 0 atom stereocenters. The van der Waals surface area contributed by atoms with E-state index in [0.717, 1.165) is 5.39 Å². The molecule has 4 rings (SSSR count). The summed E-state index contributed by atoms with van der Waals surface area (Å²) < 4.78 is 26.1. The molecule has 0 fully saturated rings. The maximum Gasteiger partial charge on any atom is 0.323 e. The Morgan fingerprint density at radius 2 is 0.938 bits per heavy atom. The minimum atomic E-state index is -0.519. The third kappa shape index (κ3) is 4.99. The van der Waals surface area contributed by atoms with Crippen molar-refractivity contribution in [2.45, 2.75) is 0 Å². The van der Waals surface area contributed by atoms with Gasteiger partial charge in [-0.2, -0.15) is 0 Å². The van der Waals surface area contributed by atoms with Crippen molar-refractivity contribution in [1.29, 1.82) is 0 Å². The number of nitrogens with one attached hydrogen (secondary N) is 4. The lowest BCUT2D eigenvalue weighted by Gasteiger charge is -2.15. The monoisotopic (exact) mass is 432 g/mol. The van der Waals surface area contributed by atoms with Crippen molar-refractivity contribution in [3.63, 3.8) is 0 Å². The van der Waals surface area contributed by atoms with Crippen molar-refractivity contribution in [3.05, 3.63) is 96.6 Å². The zero-order valence-electron chi connectivity index (χ0n) is 16.7. The highest BCUT2D eigenvalue weighted by atomic mass is 19.1. The smallest absolute Gasteiger partial charge is 0.308 e. The van der Waals surface area contributed by atoms with E-state index in [9.17, 15) is 18.4 Å². The number of carbonyl (C=O) groups excluding carboxylic acids is 2. The summed E-state index contributed by atoms with van der Waals surface area (Å²) in [5, 5.41) is 12.2. The molecule has 4 aromatic carbocycles. The van der Waals surface area contributed by atoms with E-state index in [0.29, 0.717) is 28.1 Å². The molecule has 0 bridgehead atoms. The highest BCUT2D eigenvalue weighted by molar-refractivity contribution is 6.13. The van der Waals surface area contributed by atoms with Crippen LogP contribution >= 0.6 is 0 Å². The number of benzene rings is 4. The van der Waals surface area contributed by atoms with Crippen molar-refractivity contribution in [2.75, 3.05) is 21.3 Å². The van der Waals surface area contributed by atoms with E-state index in [1.54, 1.807) is 24.3 Å². The summed E-state index contributed by atoms with van der Waals surface area (Å²) in [5.74, 6) is -0.806. The van der Waals surface area contributed by atoms with Gasteiger partial charge in [-0.05, 0) is 66.0 Å². The van der Waals surface area contributed by atoms with E-state index >= 15 is 0 Å². The second-order valence-electron chi connectivity index (χ2n) is 6.88. The average molecular weight is 432 g/mol. The summed E-state index contributed by atoms with van der Waals surface area (Å²) in [4.78, 5) is 24.9. The van der Waals surface area contributed by atoms with Gasteiger partial charge in [0.2, 0.25) is 0 Å². The predicted molar refractivity (Wildman–Crippen MR) is 122 cm³/mol. The molecule has 0 saturated carbocycles. The number of halogens is 2. The Hall–Kier alpha value is -4.46. The van der Waals surface area contributed by atoms with Gasteiger partial charge in [0.15, 0.2) is 0 Å². The summed E-state index contributed by atoms with van der Waals surface area (Å²) in [5.41, 5.74) is 1.81. The van der Waals surface area contributed by atoms with Crippen LogP contribution in [0.25, 0.3) is 10.8 Å². The molecule has 4 amide bonds. The third-order valence-corrected chi connectivity index (χ3v) is 4.61. The Kier molecular flexibility index (Phi) is 5.94. The fraction of sp³-hybridized carbons (Fsp3) is 0. The zero-order valence-corrected chi connectivity index (χ0v) is 16.7. The summed E-state index contributed by atoms with van der Waals surface area (Å²) >= 11 is 0. The molecule has 160 valence electrons. The number of carbonyl (C=O) groups is 2. The fourth-order valence-corrected chi connectivity index (χ4v) is 3.19. The van der Waals surface area contributed by atoms with Crippen LogP contribution in [0.5, 0.6) is 0 Å². The summed E-state index contributed by atoms with van der Waals surface area (Å²) in [6, 6.07) is 20.4. The molecule has 0 spiro atoms. The Labute approximate surface area is 182 Å². The standard InChI is InChI=1S/C24H18F2N4O2/c25-16-7-11-18(12-8-16)27-23(31)29-20-5-1-3-15-4-2-6-21(22(15)20)30-24(32)28-19-13-9-17(26)10-14-19/h1-14H,(H2,27,29,31)(H2,28,30,32). The minimum absolute atomic E-state index is 0.403.